The van der Waals surface area contributed by atoms with E-state index in [4.69, 9.17) is 15.2 Å². The zero-order chi connectivity index (χ0) is 16.0. The van der Waals surface area contributed by atoms with E-state index in [1.807, 2.05) is 39.0 Å². The number of amides is 1. The Morgan fingerprint density at radius 1 is 1.38 bits per heavy atom. The Bertz CT molecular complexity index is 481. The molecule has 0 saturated heterocycles. The molecule has 0 spiro atoms. The number of benzene rings is 1. The highest BCUT2D eigenvalue weighted by atomic mass is 16.5. The van der Waals surface area contributed by atoms with Crippen molar-refractivity contribution in [1.82, 2.24) is 5.32 Å². The van der Waals surface area contributed by atoms with Crippen molar-refractivity contribution in [2.45, 2.75) is 45.8 Å². The molecule has 0 aliphatic rings. The molecule has 0 aliphatic heterocycles. The Morgan fingerprint density at radius 3 is 2.57 bits per heavy atom. The maximum Gasteiger partial charge on any atom is 0.261 e. The van der Waals surface area contributed by atoms with Crippen LogP contribution in [0.2, 0.25) is 0 Å². The Balaban J connectivity index is 2.83. The summed E-state index contributed by atoms with van der Waals surface area (Å²) in [6.07, 6.45) is 0.0919. The fourth-order valence-corrected chi connectivity index (χ4v) is 1.86. The van der Waals surface area contributed by atoms with Crippen LogP contribution in [-0.2, 0) is 11.2 Å². The second kappa shape index (κ2) is 7.31. The number of carbonyl (C=O) groups is 1. The summed E-state index contributed by atoms with van der Waals surface area (Å²) in [7, 11) is 1.61. The van der Waals surface area contributed by atoms with Gasteiger partial charge in [-0.2, -0.15) is 0 Å². The van der Waals surface area contributed by atoms with Crippen molar-refractivity contribution >= 4 is 5.91 Å². The minimum atomic E-state index is -0.575. The average Bonchev–Trinajstić information content (AvgIpc) is 2.39. The maximum absolute atomic E-state index is 12.1. The number of carbonyl (C=O) groups excluding carboxylic acids is 1. The SMILES string of the molecule is COc1ccc(OC(C)C(=O)NC(C)(C)C)c(CCN)c1. The van der Waals surface area contributed by atoms with Crippen LogP contribution in [0.15, 0.2) is 18.2 Å². The quantitative estimate of drug-likeness (QED) is 0.840. The molecule has 1 rings (SSSR count). The van der Waals surface area contributed by atoms with E-state index in [2.05, 4.69) is 5.32 Å². The van der Waals surface area contributed by atoms with E-state index < -0.39 is 6.10 Å². The summed E-state index contributed by atoms with van der Waals surface area (Å²) in [5.74, 6) is 1.27. The van der Waals surface area contributed by atoms with E-state index in [1.54, 1.807) is 14.0 Å². The summed E-state index contributed by atoms with van der Waals surface area (Å²) < 4.78 is 11.0. The van der Waals surface area contributed by atoms with Crippen LogP contribution in [0.4, 0.5) is 0 Å². The predicted octanol–water partition coefficient (Wildman–Crippen LogP) is 1.88. The molecule has 0 aliphatic carbocycles. The third-order valence-corrected chi connectivity index (χ3v) is 2.85. The van der Waals surface area contributed by atoms with Gasteiger partial charge in [-0.1, -0.05) is 0 Å². The lowest BCUT2D eigenvalue weighted by atomic mass is 10.1. The minimum Gasteiger partial charge on any atom is -0.497 e. The fourth-order valence-electron chi connectivity index (χ4n) is 1.86. The second-order valence-electron chi connectivity index (χ2n) is 6.01. The van der Waals surface area contributed by atoms with Gasteiger partial charge in [-0.3, -0.25) is 4.79 Å². The summed E-state index contributed by atoms with van der Waals surface area (Å²) >= 11 is 0. The van der Waals surface area contributed by atoms with E-state index in [1.165, 1.54) is 0 Å². The Labute approximate surface area is 126 Å². The van der Waals surface area contributed by atoms with Crippen LogP contribution in [0.5, 0.6) is 11.5 Å². The van der Waals surface area contributed by atoms with Gasteiger partial charge >= 0.3 is 0 Å². The highest BCUT2D eigenvalue weighted by Crippen LogP contribution is 2.25. The first-order valence-corrected chi connectivity index (χ1v) is 7.12. The first-order valence-electron chi connectivity index (χ1n) is 7.12. The topological polar surface area (TPSA) is 73.6 Å². The minimum absolute atomic E-state index is 0.142. The molecule has 118 valence electrons. The van der Waals surface area contributed by atoms with Gasteiger partial charge < -0.3 is 20.5 Å². The standard InChI is InChI=1S/C16H26N2O3/c1-11(15(19)18-16(2,3)4)21-14-7-6-13(20-5)10-12(14)8-9-17/h6-7,10-11H,8-9,17H2,1-5H3,(H,18,19). The molecular formula is C16H26N2O3. The molecule has 1 aromatic carbocycles. The van der Waals surface area contributed by atoms with Crippen molar-refractivity contribution in [1.29, 1.82) is 0 Å². The zero-order valence-corrected chi connectivity index (χ0v) is 13.5. The number of rotatable bonds is 6. The molecule has 0 bridgehead atoms. The third-order valence-electron chi connectivity index (χ3n) is 2.85. The molecule has 1 unspecified atom stereocenters. The normalized spacial score (nSPS) is 12.7. The number of methoxy groups -OCH3 is 1. The molecule has 5 heteroatoms. The number of nitrogens with two attached hydrogens (primary N) is 1. The van der Waals surface area contributed by atoms with Gasteiger partial charge in [0.15, 0.2) is 6.10 Å². The van der Waals surface area contributed by atoms with Crippen molar-refractivity contribution < 1.29 is 14.3 Å². The van der Waals surface area contributed by atoms with Gasteiger partial charge in [0.1, 0.15) is 11.5 Å². The lowest BCUT2D eigenvalue weighted by Gasteiger charge is -2.24. The van der Waals surface area contributed by atoms with Gasteiger partial charge in [0, 0.05) is 5.54 Å². The van der Waals surface area contributed by atoms with Crippen molar-refractivity contribution in [2.24, 2.45) is 5.73 Å². The summed E-state index contributed by atoms with van der Waals surface area (Å²) in [5.41, 5.74) is 6.27. The van der Waals surface area contributed by atoms with Gasteiger partial charge in [0.2, 0.25) is 0 Å². The lowest BCUT2D eigenvalue weighted by molar-refractivity contribution is -0.128. The first-order chi connectivity index (χ1) is 9.76. The van der Waals surface area contributed by atoms with Crippen LogP contribution in [0.25, 0.3) is 0 Å². The smallest absolute Gasteiger partial charge is 0.261 e. The van der Waals surface area contributed by atoms with Crippen LogP contribution in [-0.4, -0.2) is 31.2 Å². The van der Waals surface area contributed by atoms with Crippen molar-refractivity contribution in [3.8, 4) is 11.5 Å². The molecule has 1 aromatic rings. The Hall–Kier alpha value is -1.75. The van der Waals surface area contributed by atoms with E-state index in [0.29, 0.717) is 18.7 Å². The third kappa shape index (κ3) is 5.63. The first kappa shape index (κ1) is 17.3. The van der Waals surface area contributed by atoms with E-state index in [-0.39, 0.29) is 11.4 Å². The highest BCUT2D eigenvalue weighted by molar-refractivity contribution is 5.81. The monoisotopic (exact) mass is 294 g/mol. The predicted molar refractivity (Wildman–Crippen MR) is 83.7 cm³/mol. The number of hydrogen-bond acceptors (Lipinski definition) is 4. The molecule has 0 aromatic heterocycles. The molecule has 1 atom stereocenters. The molecule has 1 amide bonds. The Kier molecular flexibility index (Phi) is 6.03. The Morgan fingerprint density at radius 2 is 2.05 bits per heavy atom. The largest absolute Gasteiger partial charge is 0.497 e. The van der Waals surface area contributed by atoms with E-state index in [0.717, 1.165) is 11.3 Å². The van der Waals surface area contributed by atoms with E-state index >= 15 is 0 Å². The number of hydrogen-bond donors (Lipinski definition) is 2. The second-order valence-corrected chi connectivity index (χ2v) is 6.01. The van der Waals surface area contributed by atoms with Crippen LogP contribution in [0.3, 0.4) is 0 Å². The molecular weight excluding hydrogens is 268 g/mol. The summed E-state index contributed by atoms with van der Waals surface area (Å²) in [6.45, 7) is 8.05. The number of ether oxygens (including phenoxy) is 2. The van der Waals surface area contributed by atoms with Crippen LogP contribution in [0.1, 0.15) is 33.3 Å². The van der Waals surface area contributed by atoms with Gasteiger partial charge in [0.05, 0.1) is 7.11 Å². The van der Waals surface area contributed by atoms with Gasteiger partial charge in [-0.15, -0.1) is 0 Å². The molecule has 0 fully saturated rings. The molecule has 5 nitrogen and oxygen atoms in total. The summed E-state index contributed by atoms with van der Waals surface area (Å²) in [5, 5.41) is 2.90. The van der Waals surface area contributed by atoms with Crippen LogP contribution < -0.4 is 20.5 Å². The fraction of sp³-hybridized carbons (Fsp3) is 0.562. The number of nitrogens with one attached hydrogen (secondary N) is 1. The zero-order valence-electron chi connectivity index (χ0n) is 13.5. The molecule has 0 saturated carbocycles. The summed E-state index contributed by atoms with van der Waals surface area (Å²) in [4.78, 5) is 12.1. The maximum atomic E-state index is 12.1. The van der Waals surface area contributed by atoms with Crippen molar-refractivity contribution in [3.63, 3.8) is 0 Å². The van der Waals surface area contributed by atoms with Crippen molar-refractivity contribution in [3.05, 3.63) is 23.8 Å². The van der Waals surface area contributed by atoms with Crippen molar-refractivity contribution in [2.75, 3.05) is 13.7 Å². The average molecular weight is 294 g/mol. The van der Waals surface area contributed by atoms with Gasteiger partial charge in [-0.05, 0) is 64.4 Å². The van der Waals surface area contributed by atoms with E-state index in [9.17, 15) is 4.79 Å². The summed E-state index contributed by atoms with van der Waals surface area (Å²) in [6, 6.07) is 5.50. The van der Waals surface area contributed by atoms with Gasteiger partial charge in [-0.25, -0.2) is 0 Å². The molecule has 3 N–H and O–H groups in total. The molecule has 0 heterocycles. The lowest BCUT2D eigenvalue weighted by Crippen LogP contribution is -2.46. The van der Waals surface area contributed by atoms with Gasteiger partial charge in [0.25, 0.3) is 5.91 Å². The molecule has 0 radical (unpaired) electrons. The van der Waals surface area contributed by atoms with Crippen LogP contribution >= 0.6 is 0 Å². The molecule has 21 heavy (non-hydrogen) atoms. The highest BCUT2D eigenvalue weighted by Gasteiger charge is 2.21. The van der Waals surface area contributed by atoms with Crippen LogP contribution in [0, 0.1) is 0 Å².